The highest BCUT2D eigenvalue weighted by atomic mass is 35.5. The number of halogens is 2. The van der Waals surface area contributed by atoms with Crippen LogP contribution in [0.4, 0.5) is 0 Å². The number of hydrogen-bond acceptors (Lipinski definition) is 4. The minimum absolute atomic E-state index is 0.545. The highest BCUT2D eigenvalue weighted by Crippen LogP contribution is 2.30. The van der Waals surface area contributed by atoms with E-state index in [2.05, 4.69) is 26.1 Å². The van der Waals surface area contributed by atoms with E-state index in [-0.39, 0.29) is 0 Å². The average Bonchev–Trinajstić information content (AvgIpc) is 2.93. The maximum absolute atomic E-state index is 6.17. The third-order valence-electron chi connectivity index (χ3n) is 4.64. The first-order chi connectivity index (χ1) is 12.9. The molecule has 0 unspecified atom stereocenters. The Labute approximate surface area is 167 Å². The molecule has 0 saturated carbocycles. The van der Waals surface area contributed by atoms with Crippen molar-refractivity contribution >= 4 is 39.9 Å². The zero-order valence-corrected chi connectivity index (χ0v) is 16.7. The molecular formula is C20H18Cl2N4O. The van der Waals surface area contributed by atoms with Crippen LogP contribution in [0.3, 0.4) is 0 Å². The molecule has 0 atom stereocenters. The van der Waals surface area contributed by atoms with Crippen LogP contribution in [0, 0.1) is 6.92 Å². The molecule has 1 N–H and O–H groups in total. The van der Waals surface area contributed by atoms with Crippen molar-refractivity contribution in [3.8, 4) is 0 Å². The minimum Gasteiger partial charge on any atom is -0.387 e. The lowest BCUT2D eigenvalue weighted by molar-refractivity contribution is 0.141. The van der Waals surface area contributed by atoms with Crippen LogP contribution in [-0.2, 0) is 11.4 Å². The molecule has 0 fully saturated rings. The summed E-state index contributed by atoms with van der Waals surface area (Å²) in [6.45, 7) is 6.58. The molecule has 27 heavy (non-hydrogen) atoms. The summed E-state index contributed by atoms with van der Waals surface area (Å²) in [4.78, 5) is 14.6. The van der Waals surface area contributed by atoms with Crippen molar-refractivity contribution < 1.29 is 4.84 Å². The van der Waals surface area contributed by atoms with Crippen LogP contribution in [0.2, 0.25) is 10.0 Å². The molecule has 0 spiro atoms. The molecule has 2 aromatic heterocycles. The Bertz CT molecular complexity index is 1110. The number of nitrogens with one attached hydrogen (secondary N) is 1. The van der Waals surface area contributed by atoms with Crippen molar-refractivity contribution in [1.29, 1.82) is 0 Å². The number of pyridine rings is 1. The van der Waals surface area contributed by atoms with Gasteiger partial charge in [-0.1, -0.05) is 29.3 Å². The molecule has 3 heterocycles. The number of hydroxylamine groups is 1. The maximum Gasteiger partial charge on any atom is 0.177 e. The van der Waals surface area contributed by atoms with E-state index in [4.69, 9.17) is 28.0 Å². The predicted octanol–water partition coefficient (Wildman–Crippen LogP) is 5.26. The summed E-state index contributed by atoms with van der Waals surface area (Å²) < 4.78 is 2.13. The zero-order valence-electron chi connectivity index (χ0n) is 15.2. The Kier molecular flexibility index (Phi) is 4.58. The number of hydrogen-bond donors (Lipinski definition) is 1. The second-order valence-electron chi connectivity index (χ2n) is 6.54. The second-order valence-corrected chi connectivity index (χ2v) is 7.35. The lowest BCUT2D eigenvalue weighted by Crippen LogP contribution is -2.13. The zero-order chi connectivity index (χ0) is 19.1. The van der Waals surface area contributed by atoms with E-state index in [0.717, 1.165) is 39.4 Å². The van der Waals surface area contributed by atoms with E-state index in [1.807, 2.05) is 51.4 Å². The van der Waals surface area contributed by atoms with Gasteiger partial charge in [-0.15, -0.1) is 0 Å². The molecule has 1 aliphatic heterocycles. The van der Waals surface area contributed by atoms with E-state index in [0.29, 0.717) is 22.2 Å². The van der Waals surface area contributed by atoms with Crippen LogP contribution < -0.4 is 5.48 Å². The van der Waals surface area contributed by atoms with Crippen LogP contribution in [0.25, 0.3) is 16.7 Å². The van der Waals surface area contributed by atoms with Crippen LogP contribution in [0.1, 0.15) is 30.8 Å². The molecule has 5 nitrogen and oxygen atoms in total. The number of fused-ring (bicyclic) bond motifs is 1. The van der Waals surface area contributed by atoms with Gasteiger partial charge in [-0.05, 0) is 50.1 Å². The summed E-state index contributed by atoms with van der Waals surface area (Å²) in [7, 11) is 0. The summed E-state index contributed by atoms with van der Waals surface area (Å²) in [6, 6.07) is 7.76. The quantitative estimate of drug-likeness (QED) is 0.650. The summed E-state index contributed by atoms with van der Waals surface area (Å²) in [5.74, 6) is 1.70. The van der Waals surface area contributed by atoms with E-state index in [1.54, 1.807) is 0 Å². The van der Waals surface area contributed by atoms with Crippen molar-refractivity contribution in [3.05, 3.63) is 75.0 Å². The van der Waals surface area contributed by atoms with Gasteiger partial charge < -0.3 is 9.40 Å². The van der Waals surface area contributed by atoms with Crippen LogP contribution in [0.15, 0.2) is 48.0 Å². The first kappa shape index (κ1) is 17.9. The largest absolute Gasteiger partial charge is 0.387 e. The SMILES string of the molecule is CC1=CNOC(C)=C1c1cnc2nc(C)n(Cc3ccc(Cl)c(Cl)c3)c2c1. The fourth-order valence-electron chi connectivity index (χ4n) is 3.31. The van der Waals surface area contributed by atoms with Crippen LogP contribution in [-0.4, -0.2) is 14.5 Å². The van der Waals surface area contributed by atoms with Crippen LogP contribution in [0.5, 0.6) is 0 Å². The number of allylic oxidation sites excluding steroid dienone is 3. The predicted molar refractivity (Wildman–Crippen MR) is 108 cm³/mol. The maximum atomic E-state index is 6.17. The Morgan fingerprint density at radius 2 is 1.93 bits per heavy atom. The van der Waals surface area contributed by atoms with Gasteiger partial charge in [-0.3, -0.25) is 0 Å². The molecule has 0 bridgehead atoms. The monoisotopic (exact) mass is 400 g/mol. The molecule has 1 aromatic carbocycles. The fourth-order valence-corrected chi connectivity index (χ4v) is 3.63. The standard InChI is InChI=1S/C20H18Cl2N4O/c1-11-8-24-27-12(2)19(11)15-7-18-20(23-9-15)25-13(3)26(18)10-14-4-5-16(21)17(22)6-14/h4-9,24H,10H2,1-3H3. The average molecular weight is 401 g/mol. The van der Waals surface area contributed by atoms with Gasteiger partial charge in [0.25, 0.3) is 0 Å². The number of aromatic nitrogens is 3. The van der Waals surface area contributed by atoms with Gasteiger partial charge in [0.2, 0.25) is 0 Å². The number of rotatable bonds is 3. The number of nitrogens with zero attached hydrogens (tertiary/aromatic N) is 3. The molecule has 7 heteroatoms. The van der Waals surface area contributed by atoms with E-state index in [9.17, 15) is 0 Å². The van der Waals surface area contributed by atoms with Gasteiger partial charge in [-0.25, -0.2) is 15.4 Å². The Balaban J connectivity index is 1.80. The van der Waals surface area contributed by atoms with E-state index in [1.165, 1.54) is 0 Å². The van der Waals surface area contributed by atoms with Crippen molar-refractivity contribution in [2.24, 2.45) is 0 Å². The molecule has 0 saturated heterocycles. The Hall–Kier alpha value is -2.50. The second kappa shape index (κ2) is 6.91. The van der Waals surface area contributed by atoms with Gasteiger partial charge in [0.1, 0.15) is 11.6 Å². The van der Waals surface area contributed by atoms with Gasteiger partial charge in [0.15, 0.2) is 5.65 Å². The van der Waals surface area contributed by atoms with Crippen molar-refractivity contribution in [2.75, 3.05) is 0 Å². The van der Waals surface area contributed by atoms with E-state index >= 15 is 0 Å². The van der Waals surface area contributed by atoms with Gasteiger partial charge in [0.05, 0.1) is 15.6 Å². The highest BCUT2D eigenvalue weighted by molar-refractivity contribution is 6.42. The minimum atomic E-state index is 0.545. The summed E-state index contributed by atoms with van der Waals surface area (Å²) in [6.07, 6.45) is 3.67. The molecule has 0 radical (unpaired) electrons. The first-order valence-corrected chi connectivity index (χ1v) is 9.27. The number of benzene rings is 1. The Morgan fingerprint density at radius 3 is 2.67 bits per heavy atom. The first-order valence-electron chi connectivity index (χ1n) is 8.51. The van der Waals surface area contributed by atoms with Crippen molar-refractivity contribution in [3.63, 3.8) is 0 Å². The molecule has 3 aromatic rings. The molecule has 1 aliphatic rings. The van der Waals surface area contributed by atoms with Crippen molar-refractivity contribution in [1.82, 2.24) is 20.0 Å². The third kappa shape index (κ3) is 3.29. The summed E-state index contributed by atoms with van der Waals surface area (Å²) in [5, 5.41) is 1.09. The molecule has 0 amide bonds. The third-order valence-corrected chi connectivity index (χ3v) is 5.38. The Morgan fingerprint density at radius 1 is 1.11 bits per heavy atom. The van der Waals surface area contributed by atoms with Crippen LogP contribution >= 0.6 is 23.2 Å². The molecule has 138 valence electrons. The van der Waals surface area contributed by atoms with Crippen molar-refractivity contribution in [2.45, 2.75) is 27.3 Å². The smallest absolute Gasteiger partial charge is 0.177 e. The normalized spacial score (nSPS) is 14.2. The lowest BCUT2D eigenvalue weighted by Gasteiger charge is -2.18. The topological polar surface area (TPSA) is 52.0 Å². The summed E-state index contributed by atoms with van der Waals surface area (Å²) in [5.41, 5.74) is 8.63. The number of imidazole rings is 1. The highest BCUT2D eigenvalue weighted by Gasteiger charge is 2.17. The van der Waals surface area contributed by atoms with Gasteiger partial charge in [-0.2, -0.15) is 0 Å². The molecule has 0 aliphatic carbocycles. The molecular weight excluding hydrogens is 383 g/mol. The van der Waals surface area contributed by atoms with Gasteiger partial charge in [0, 0.05) is 30.1 Å². The summed E-state index contributed by atoms with van der Waals surface area (Å²) >= 11 is 12.2. The fraction of sp³-hybridized carbons (Fsp3) is 0.200. The van der Waals surface area contributed by atoms with Gasteiger partial charge >= 0.3 is 0 Å². The number of aryl methyl sites for hydroxylation is 1. The lowest BCUT2D eigenvalue weighted by atomic mass is 9.99. The van der Waals surface area contributed by atoms with E-state index < -0.39 is 0 Å². The molecule has 4 rings (SSSR count).